The first kappa shape index (κ1) is 14.1. The van der Waals surface area contributed by atoms with Crippen molar-refractivity contribution in [1.29, 1.82) is 0 Å². The van der Waals surface area contributed by atoms with Crippen LogP contribution in [0.1, 0.15) is 41.5 Å². The minimum Gasteiger partial charge on any atom is -0.289 e. The molecule has 0 aliphatic heterocycles. The SMILES string of the molecule is CC(C)(C)C1=CC(OO)C=C(C(C)(C)C)C1=O. The van der Waals surface area contributed by atoms with Gasteiger partial charge < -0.3 is 0 Å². The van der Waals surface area contributed by atoms with E-state index in [-0.39, 0.29) is 16.6 Å². The second kappa shape index (κ2) is 4.39. The molecule has 1 aliphatic carbocycles. The number of ketones is 1. The maximum absolute atomic E-state index is 12.4. The zero-order valence-electron chi connectivity index (χ0n) is 11.5. The minimum absolute atomic E-state index is 0.0540. The average Bonchev–Trinajstić information content (AvgIpc) is 2.14. The summed E-state index contributed by atoms with van der Waals surface area (Å²) in [4.78, 5) is 16.8. The summed E-state index contributed by atoms with van der Waals surface area (Å²) in [6.07, 6.45) is 2.85. The van der Waals surface area contributed by atoms with Gasteiger partial charge in [0.05, 0.1) is 0 Å². The normalized spacial score (nSPS) is 19.1. The Hall–Kier alpha value is -0.930. The predicted octanol–water partition coefficient (Wildman–Crippen LogP) is 3.37. The maximum atomic E-state index is 12.4. The van der Waals surface area contributed by atoms with Gasteiger partial charge in [-0.15, -0.1) is 0 Å². The van der Waals surface area contributed by atoms with Crippen LogP contribution in [-0.2, 0) is 9.68 Å². The Balaban J connectivity index is 3.23. The van der Waals surface area contributed by atoms with Crippen molar-refractivity contribution < 1.29 is 14.9 Å². The van der Waals surface area contributed by atoms with Crippen LogP contribution in [0.5, 0.6) is 0 Å². The van der Waals surface area contributed by atoms with Gasteiger partial charge in [-0.2, -0.15) is 0 Å². The molecule has 0 radical (unpaired) electrons. The number of hydrogen-bond acceptors (Lipinski definition) is 3. The molecule has 96 valence electrons. The summed E-state index contributed by atoms with van der Waals surface area (Å²) in [6, 6.07) is 0. The fourth-order valence-electron chi connectivity index (χ4n) is 1.92. The Kier molecular flexibility index (Phi) is 3.65. The van der Waals surface area contributed by atoms with E-state index in [0.717, 1.165) is 0 Å². The lowest BCUT2D eigenvalue weighted by atomic mass is 9.72. The number of rotatable bonds is 1. The first-order chi connectivity index (χ1) is 7.57. The zero-order chi connectivity index (χ0) is 13.4. The van der Waals surface area contributed by atoms with Gasteiger partial charge in [-0.1, -0.05) is 41.5 Å². The number of hydrogen-bond donors (Lipinski definition) is 1. The largest absolute Gasteiger partial charge is 0.289 e. The Morgan fingerprint density at radius 3 is 1.59 bits per heavy atom. The van der Waals surface area contributed by atoms with Crippen molar-refractivity contribution in [3.63, 3.8) is 0 Å². The van der Waals surface area contributed by atoms with Gasteiger partial charge in [-0.05, 0) is 23.0 Å². The maximum Gasteiger partial charge on any atom is 0.185 e. The molecular formula is C14H22O3. The van der Waals surface area contributed by atoms with Crippen LogP contribution in [0, 0.1) is 10.8 Å². The summed E-state index contributed by atoms with van der Waals surface area (Å²) in [6.45, 7) is 11.9. The number of allylic oxidation sites excluding steroid dienone is 2. The van der Waals surface area contributed by atoms with Gasteiger partial charge in [0.2, 0.25) is 0 Å². The summed E-state index contributed by atoms with van der Waals surface area (Å²) in [5, 5.41) is 8.84. The van der Waals surface area contributed by atoms with Gasteiger partial charge in [0.1, 0.15) is 6.10 Å². The molecule has 0 spiro atoms. The van der Waals surface area contributed by atoms with Crippen LogP contribution >= 0.6 is 0 Å². The molecule has 0 aromatic carbocycles. The molecule has 1 aliphatic rings. The number of carbonyl (C=O) groups excluding carboxylic acids is 1. The average molecular weight is 238 g/mol. The van der Waals surface area contributed by atoms with Crippen LogP contribution in [0.15, 0.2) is 23.3 Å². The molecule has 17 heavy (non-hydrogen) atoms. The fraction of sp³-hybridized carbons (Fsp3) is 0.643. The minimum atomic E-state index is -0.531. The number of Topliss-reactive ketones (excluding diaryl/α,β-unsaturated/α-hetero) is 1. The van der Waals surface area contributed by atoms with Crippen molar-refractivity contribution >= 4 is 5.78 Å². The Morgan fingerprint density at radius 2 is 1.35 bits per heavy atom. The smallest absolute Gasteiger partial charge is 0.185 e. The van der Waals surface area contributed by atoms with E-state index in [2.05, 4.69) is 4.89 Å². The van der Waals surface area contributed by atoms with Crippen LogP contribution < -0.4 is 0 Å². The van der Waals surface area contributed by atoms with E-state index in [0.29, 0.717) is 11.1 Å². The lowest BCUT2D eigenvalue weighted by Gasteiger charge is -2.32. The molecule has 3 heteroatoms. The summed E-state index contributed by atoms with van der Waals surface area (Å²) < 4.78 is 0. The molecular weight excluding hydrogens is 216 g/mol. The molecule has 1 N–H and O–H groups in total. The van der Waals surface area contributed by atoms with Crippen molar-refractivity contribution in [2.75, 3.05) is 0 Å². The highest BCUT2D eigenvalue weighted by Gasteiger charge is 2.35. The molecule has 0 bridgehead atoms. The van der Waals surface area contributed by atoms with E-state index >= 15 is 0 Å². The van der Waals surface area contributed by atoms with Crippen LogP contribution in [-0.4, -0.2) is 17.1 Å². The Bertz CT molecular complexity index is 341. The van der Waals surface area contributed by atoms with Gasteiger partial charge in [-0.25, -0.2) is 4.89 Å². The molecule has 0 aromatic heterocycles. The molecule has 0 heterocycles. The van der Waals surface area contributed by atoms with E-state index in [1.165, 1.54) is 0 Å². The highest BCUT2D eigenvalue weighted by atomic mass is 17.1. The monoisotopic (exact) mass is 238 g/mol. The third-order valence-electron chi connectivity index (χ3n) is 2.89. The summed E-state index contributed by atoms with van der Waals surface area (Å²) in [7, 11) is 0. The number of carbonyl (C=O) groups is 1. The zero-order valence-corrected chi connectivity index (χ0v) is 11.5. The second-order valence-corrected chi connectivity index (χ2v) is 6.56. The van der Waals surface area contributed by atoms with Crippen LogP contribution in [0.2, 0.25) is 0 Å². The highest BCUT2D eigenvalue weighted by molar-refractivity contribution is 6.10. The van der Waals surface area contributed by atoms with Crippen molar-refractivity contribution in [3.8, 4) is 0 Å². The third-order valence-corrected chi connectivity index (χ3v) is 2.89. The van der Waals surface area contributed by atoms with Crippen LogP contribution in [0.25, 0.3) is 0 Å². The van der Waals surface area contributed by atoms with E-state index < -0.39 is 6.10 Å². The molecule has 0 aromatic rings. The van der Waals surface area contributed by atoms with E-state index in [1.807, 2.05) is 41.5 Å². The van der Waals surface area contributed by atoms with Crippen molar-refractivity contribution in [1.82, 2.24) is 0 Å². The van der Waals surface area contributed by atoms with Gasteiger partial charge >= 0.3 is 0 Å². The van der Waals surface area contributed by atoms with Crippen molar-refractivity contribution in [3.05, 3.63) is 23.3 Å². The van der Waals surface area contributed by atoms with Crippen LogP contribution in [0.3, 0.4) is 0 Å². The molecule has 0 unspecified atom stereocenters. The van der Waals surface area contributed by atoms with Crippen molar-refractivity contribution in [2.24, 2.45) is 10.8 Å². The highest BCUT2D eigenvalue weighted by Crippen LogP contribution is 2.37. The Labute approximate surface area is 103 Å². The van der Waals surface area contributed by atoms with Gasteiger partial charge in [0.25, 0.3) is 0 Å². The van der Waals surface area contributed by atoms with Crippen LogP contribution in [0.4, 0.5) is 0 Å². The molecule has 0 amide bonds. The lowest BCUT2D eigenvalue weighted by Crippen LogP contribution is -2.31. The summed E-state index contributed by atoms with van der Waals surface area (Å²) in [5.41, 5.74) is 0.894. The van der Waals surface area contributed by atoms with E-state index in [9.17, 15) is 4.79 Å². The second-order valence-electron chi connectivity index (χ2n) is 6.56. The van der Waals surface area contributed by atoms with Crippen molar-refractivity contribution in [2.45, 2.75) is 47.6 Å². The molecule has 1 rings (SSSR count). The first-order valence-electron chi connectivity index (χ1n) is 5.87. The van der Waals surface area contributed by atoms with Gasteiger partial charge in [0, 0.05) is 11.1 Å². The predicted molar refractivity (Wildman–Crippen MR) is 67.6 cm³/mol. The summed E-state index contributed by atoms with van der Waals surface area (Å²) in [5.74, 6) is 0.0540. The molecule has 0 atom stereocenters. The first-order valence-corrected chi connectivity index (χ1v) is 5.87. The lowest BCUT2D eigenvalue weighted by molar-refractivity contribution is -0.254. The van der Waals surface area contributed by atoms with Gasteiger partial charge in [0.15, 0.2) is 5.78 Å². The van der Waals surface area contributed by atoms with Gasteiger partial charge in [-0.3, -0.25) is 10.1 Å². The quantitative estimate of drug-likeness (QED) is 0.562. The van der Waals surface area contributed by atoms with E-state index in [4.69, 9.17) is 5.26 Å². The standard InChI is InChI=1S/C14H22O3/c1-13(2,3)10-7-9(17-16)8-11(12(10)15)14(4,5)6/h7-9,16H,1-6H3. The molecule has 3 nitrogen and oxygen atoms in total. The molecule has 0 saturated carbocycles. The molecule has 0 saturated heterocycles. The van der Waals surface area contributed by atoms with E-state index in [1.54, 1.807) is 12.2 Å². The fourth-order valence-corrected chi connectivity index (χ4v) is 1.92. The molecule has 0 fully saturated rings. The summed E-state index contributed by atoms with van der Waals surface area (Å²) >= 11 is 0. The Morgan fingerprint density at radius 1 is 1.00 bits per heavy atom. The topological polar surface area (TPSA) is 46.5 Å². The third kappa shape index (κ3) is 3.05.